The predicted molar refractivity (Wildman–Crippen MR) is 106 cm³/mol. The van der Waals surface area contributed by atoms with Crippen LogP contribution in [0, 0.1) is 6.92 Å². The number of fused-ring (bicyclic) bond motifs is 1. The highest BCUT2D eigenvalue weighted by Crippen LogP contribution is 2.26. The average molecular weight is 369 g/mol. The average Bonchev–Trinajstić information content (AvgIpc) is 3.28. The number of aromatic nitrogens is 2. The minimum absolute atomic E-state index is 0.0399. The van der Waals surface area contributed by atoms with Crippen LogP contribution in [0.15, 0.2) is 42.0 Å². The molecule has 3 heterocycles. The second-order valence-corrected chi connectivity index (χ2v) is 7.89. The first-order valence-corrected chi connectivity index (χ1v) is 10.1. The highest BCUT2D eigenvalue weighted by Gasteiger charge is 2.25. The molecule has 1 aromatic carbocycles. The molecule has 3 aromatic rings. The van der Waals surface area contributed by atoms with E-state index >= 15 is 0 Å². The van der Waals surface area contributed by atoms with E-state index in [-0.39, 0.29) is 12.1 Å². The number of hydrogen-bond acceptors (Lipinski definition) is 3. The largest absolute Gasteiger partial charge is 0.338 e. The number of aryl methyl sites for hydroxylation is 1. The van der Waals surface area contributed by atoms with Crippen LogP contribution < -0.4 is 5.32 Å². The smallest absolute Gasteiger partial charge is 0.317 e. The molecule has 0 bridgehead atoms. The number of piperidine rings is 1. The third-order valence-corrected chi connectivity index (χ3v) is 6.03. The van der Waals surface area contributed by atoms with E-state index in [0.29, 0.717) is 6.54 Å². The van der Waals surface area contributed by atoms with Gasteiger partial charge in [0.2, 0.25) is 0 Å². The van der Waals surface area contributed by atoms with Crippen LogP contribution in [-0.4, -0.2) is 40.3 Å². The first-order chi connectivity index (χ1) is 12.7. The lowest BCUT2D eigenvalue weighted by Gasteiger charge is -2.32. The summed E-state index contributed by atoms with van der Waals surface area (Å²) >= 11 is 1.77. The quantitative estimate of drug-likeness (QED) is 0.757. The Balaban J connectivity index is 1.31. The molecule has 0 saturated carbocycles. The number of benzene rings is 1. The molecular formula is C20H24N4OS. The minimum atomic E-state index is 0.0399. The second-order valence-electron chi connectivity index (χ2n) is 6.98. The van der Waals surface area contributed by atoms with Crippen LogP contribution in [-0.2, 0) is 6.42 Å². The van der Waals surface area contributed by atoms with Gasteiger partial charge in [-0.1, -0.05) is 18.2 Å². The van der Waals surface area contributed by atoms with Crippen molar-refractivity contribution >= 4 is 27.5 Å². The van der Waals surface area contributed by atoms with E-state index in [2.05, 4.69) is 46.3 Å². The molecule has 26 heavy (non-hydrogen) atoms. The van der Waals surface area contributed by atoms with Gasteiger partial charge in [0, 0.05) is 30.5 Å². The number of likely N-dealkylation sites (tertiary alicyclic amines) is 1. The number of thiophene rings is 1. The number of carbonyl (C=O) groups excluding carboxylic acids is 1. The molecule has 5 nitrogen and oxygen atoms in total. The van der Waals surface area contributed by atoms with Gasteiger partial charge >= 0.3 is 6.03 Å². The van der Waals surface area contributed by atoms with Gasteiger partial charge in [0.1, 0.15) is 0 Å². The highest BCUT2D eigenvalue weighted by molar-refractivity contribution is 7.17. The Kier molecular flexibility index (Phi) is 4.93. The van der Waals surface area contributed by atoms with Crippen molar-refractivity contribution in [2.45, 2.75) is 32.2 Å². The Morgan fingerprint density at radius 3 is 3.12 bits per heavy atom. The number of nitrogens with one attached hydrogen (secondary N) is 1. The van der Waals surface area contributed by atoms with Crippen LogP contribution >= 0.6 is 11.3 Å². The van der Waals surface area contributed by atoms with Crippen LogP contribution in [0.4, 0.5) is 4.79 Å². The topological polar surface area (TPSA) is 50.2 Å². The molecule has 2 amide bonds. The van der Waals surface area contributed by atoms with Gasteiger partial charge in [-0.15, -0.1) is 11.3 Å². The molecule has 1 N–H and O–H groups in total. The lowest BCUT2D eigenvalue weighted by atomic mass is 10.1. The first kappa shape index (κ1) is 17.1. The van der Waals surface area contributed by atoms with E-state index < -0.39 is 0 Å². The van der Waals surface area contributed by atoms with Crippen molar-refractivity contribution in [3.63, 3.8) is 0 Å². The SMILES string of the molecule is Cc1cnn(C2CCCN(C(=O)NCCc3csc4ccccc34)C2)c1. The van der Waals surface area contributed by atoms with E-state index in [0.717, 1.165) is 37.9 Å². The number of urea groups is 1. The van der Waals surface area contributed by atoms with E-state index in [9.17, 15) is 4.79 Å². The zero-order chi connectivity index (χ0) is 17.9. The fraction of sp³-hybridized carbons (Fsp3) is 0.400. The number of rotatable bonds is 4. The van der Waals surface area contributed by atoms with E-state index in [1.807, 2.05) is 22.7 Å². The van der Waals surface area contributed by atoms with Crippen molar-refractivity contribution in [2.24, 2.45) is 0 Å². The first-order valence-electron chi connectivity index (χ1n) is 9.19. The number of nitrogens with zero attached hydrogens (tertiary/aromatic N) is 3. The molecule has 136 valence electrons. The van der Waals surface area contributed by atoms with Crippen molar-refractivity contribution in [3.8, 4) is 0 Å². The fourth-order valence-electron chi connectivity index (χ4n) is 3.63. The normalized spacial score (nSPS) is 17.6. The summed E-state index contributed by atoms with van der Waals surface area (Å²) in [6.07, 6.45) is 6.90. The van der Waals surface area contributed by atoms with Crippen molar-refractivity contribution in [3.05, 3.63) is 53.2 Å². The van der Waals surface area contributed by atoms with Gasteiger partial charge in [0.15, 0.2) is 0 Å². The van der Waals surface area contributed by atoms with Gasteiger partial charge in [0.05, 0.1) is 12.2 Å². The van der Waals surface area contributed by atoms with Crippen LogP contribution in [0.5, 0.6) is 0 Å². The Hall–Kier alpha value is -2.34. The summed E-state index contributed by atoms with van der Waals surface area (Å²) in [5.41, 5.74) is 2.48. The summed E-state index contributed by atoms with van der Waals surface area (Å²) in [4.78, 5) is 14.5. The lowest BCUT2D eigenvalue weighted by molar-refractivity contribution is 0.163. The Labute approximate surface area is 157 Å². The van der Waals surface area contributed by atoms with Crippen molar-refractivity contribution in [1.82, 2.24) is 20.0 Å². The van der Waals surface area contributed by atoms with Gasteiger partial charge in [-0.25, -0.2) is 4.79 Å². The third-order valence-electron chi connectivity index (χ3n) is 5.02. The lowest BCUT2D eigenvalue weighted by Crippen LogP contribution is -2.46. The molecule has 0 radical (unpaired) electrons. The molecule has 1 aliphatic rings. The molecule has 1 fully saturated rings. The van der Waals surface area contributed by atoms with E-state index in [1.165, 1.54) is 15.6 Å². The summed E-state index contributed by atoms with van der Waals surface area (Å²) in [7, 11) is 0. The molecule has 0 spiro atoms. The van der Waals surface area contributed by atoms with Crippen molar-refractivity contribution in [1.29, 1.82) is 0 Å². The van der Waals surface area contributed by atoms with Gasteiger partial charge in [-0.3, -0.25) is 4.68 Å². The number of hydrogen-bond donors (Lipinski definition) is 1. The second kappa shape index (κ2) is 7.50. The Bertz CT molecular complexity index is 900. The monoisotopic (exact) mass is 368 g/mol. The maximum absolute atomic E-state index is 12.6. The van der Waals surface area contributed by atoms with Crippen LogP contribution in [0.2, 0.25) is 0 Å². The van der Waals surface area contributed by atoms with E-state index in [1.54, 1.807) is 11.3 Å². The zero-order valence-electron chi connectivity index (χ0n) is 15.0. The maximum Gasteiger partial charge on any atom is 0.317 e. The van der Waals surface area contributed by atoms with Crippen LogP contribution in [0.1, 0.15) is 30.0 Å². The maximum atomic E-state index is 12.6. The number of amides is 2. The Morgan fingerprint density at radius 1 is 1.38 bits per heavy atom. The molecular weight excluding hydrogens is 344 g/mol. The van der Waals surface area contributed by atoms with Crippen molar-refractivity contribution < 1.29 is 4.79 Å². The van der Waals surface area contributed by atoms with Gasteiger partial charge < -0.3 is 10.2 Å². The van der Waals surface area contributed by atoms with Crippen LogP contribution in [0.25, 0.3) is 10.1 Å². The molecule has 4 rings (SSSR count). The summed E-state index contributed by atoms with van der Waals surface area (Å²) in [6.45, 7) is 4.27. The molecule has 1 aliphatic heterocycles. The standard InChI is InChI=1S/C20H24N4OS/c1-15-11-22-24(12-15)17-5-4-10-23(13-17)20(25)21-9-8-16-14-26-19-7-3-2-6-18(16)19/h2-3,6-7,11-12,14,17H,4-5,8-10,13H2,1H3,(H,21,25). The van der Waals surface area contributed by atoms with Gasteiger partial charge in [-0.2, -0.15) is 5.10 Å². The Morgan fingerprint density at radius 2 is 2.27 bits per heavy atom. The van der Waals surface area contributed by atoms with Crippen molar-refractivity contribution in [2.75, 3.05) is 19.6 Å². The molecule has 1 unspecified atom stereocenters. The summed E-state index contributed by atoms with van der Waals surface area (Å²) in [6, 6.07) is 8.76. The zero-order valence-corrected chi connectivity index (χ0v) is 15.8. The molecule has 2 aromatic heterocycles. The summed E-state index contributed by atoms with van der Waals surface area (Å²) in [5.74, 6) is 0. The molecule has 0 aliphatic carbocycles. The molecule has 1 atom stereocenters. The van der Waals surface area contributed by atoms with Crippen LogP contribution in [0.3, 0.4) is 0 Å². The third kappa shape index (κ3) is 3.60. The summed E-state index contributed by atoms with van der Waals surface area (Å²) < 4.78 is 3.31. The molecule has 6 heteroatoms. The highest BCUT2D eigenvalue weighted by atomic mass is 32.1. The van der Waals surface area contributed by atoms with E-state index in [4.69, 9.17) is 0 Å². The number of carbonyl (C=O) groups is 1. The predicted octanol–water partition coefficient (Wildman–Crippen LogP) is 4.00. The van der Waals surface area contributed by atoms with Gasteiger partial charge in [-0.05, 0) is 54.1 Å². The van der Waals surface area contributed by atoms with Gasteiger partial charge in [0.25, 0.3) is 0 Å². The molecule has 1 saturated heterocycles. The minimum Gasteiger partial charge on any atom is -0.338 e. The summed E-state index contributed by atoms with van der Waals surface area (Å²) in [5, 5.41) is 11.0. The fourth-order valence-corrected chi connectivity index (χ4v) is 4.63.